The number of halogens is 1. The second kappa shape index (κ2) is 5.69. The van der Waals surface area contributed by atoms with E-state index in [1.54, 1.807) is 13.1 Å². The Morgan fingerprint density at radius 2 is 2.04 bits per heavy atom. The largest absolute Gasteiger partial charge is 0.478 e. The molecule has 0 unspecified atom stereocenters. The normalized spacial score (nSPS) is 10.8. The minimum atomic E-state index is -1.21. The number of nitrogens with zero attached hydrogens (tertiary/aromatic N) is 1. The molecule has 0 atom stereocenters. The first-order valence-electron chi connectivity index (χ1n) is 7.09. The summed E-state index contributed by atoms with van der Waals surface area (Å²) in [4.78, 5) is 24.2. The van der Waals surface area contributed by atoms with Gasteiger partial charge in [-0.1, -0.05) is 6.07 Å². The van der Waals surface area contributed by atoms with Crippen LogP contribution in [0.15, 0.2) is 47.4 Å². The Bertz CT molecular complexity index is 1030. The van der Waals surface area contributed by atoms with Gasteiger partial charge < -0.3 is 16.2 Å². The number of fused-ring (bicyclic) bond motifs is 1. The molecule has 1 heterocycles. The number of anilines is 2. The predicted molar refractivity (Wildman–Crippen MR) is 90.4 cm³/mol. The number of rotatable bonds is 3. The van der Waals surface area contributed by atoms with Gasteiger partial charge in [0.15, 0.2) is 0 Å². The molecule has 0 aliphatic rings. The standard InChI is InChI=1S/C17H14FN3O3/c1-20-14-7-9-5-6-21(16(22)11(9)8-12(14)18)15-10(17(23)24)3-2-4-13(15)19/h2-8,20H,19H2,1H3,(H,23,24). The maximum Gasteiger partial charge on any atom is 0.337 e. The number of aromatic nitrogens is 1. The van der Waals surface area contributed by atoms with Crippen LogP contribution in [0.4, 0.5) is 15.8 Å². The molecule has 0 saturated heterocycles. The number of carbonyl (C=O) groups is 1. The SMILES string of the molecule is CNc1cc2ccn(-c3c(N)cccc3C(=O)O)c(=O)c2cc1F. The second-order valence-electron chi connectivity index (χ2n) is 5.21. The molecule has 122 valence electrons. The summed E-state index contributed by atoms with van der Waals surface area (Å²) in [5.74, 6) is -1.78. The Kier molecular flexibility index (Phi) is 3.69. The van der Waals surface area contributed by atoms with E-state index in [2.05, 4.69) is 5.32 Å². The molecule has 0 saturated carbocycles. The monoisotopic (exact) mass is 327 g/mol. The van der Waals surface area contributed by atoms with Crippen LogP contribution in [0.3, 0.4) is 0 Å². The highest BCUT2D eigenvalue weighted by Gasteiger charge is 2.17. The van der Waals surface area contributed by atoms with Crippen LogP contribution in [0.1, 0.15) is 10.4 Å². The van der Waals surface area contributed by atoms with Crippen LogP contribution < -0.4 is 16.6 Å². The predicted octanol–water partition coefficient (Wildman–Crippen LogP) is 2.45. The highest BCUT2D eigenvalue weighted by Crippen LogP contribution is 2.24. The van der Waals surface area contributed by atoms with E-state index in [1.807, 2.05) is 0 Å². The molecule has 0 fully saturated rings. The minimum absolute atomic E-state index is 0.0648. The van der Waals surface area contributed by atoms with Gasteiger partial charge in [-0.05, 0) is 35.7 Å². The van der Waals surface area contributed by atoms with Crippen LogP contribution in [0.5, 0.6) is 0 Å². The molecule has 24 heavy (non-hydrogen) atoms. The number of hydrogen-bond acceptors (Lipinski definition) is 4. The summed E-state index contributed by atoms with van der Waals surface area (Å²) in [7, 11) is 1.58. The third kappa shape index (κ3) is 2.36. The van der Waals surface area contributed by atoms with Crippen molar-refractivity contribution in [2.75, 3.05) is 18.1 Å². The smallest absolute Gasteiger partial charge is 0.337 e. The van der Waals surface area contributed by atoms with E-state index in [0.717, 1.165) is 10.6 Å². The molecule has 0 aliphatic heterocycles. The van der Waals surface area contributed by atoms with Crippen LogP contribution in [0.2, 0.25) is 0 Å². The van der Waals surface area contributed by atoms with Gasteiger partial charge in [-0.3, -0.25) is 9.36 Å². The van der Waals surface area contributed by atoms with E-state index in [4.69, 9.17) is 5.73 Å². The summed E-state index contributed by atoms with van der Waals surface area (Å²) in [6, 6.07) is 8.60. The lowest BCUT2D eigenvalue weighted by Gasteiger charge is -2.13. The number of carboxylic acid groups (broad SMARTS) is 1. The van der Waals surface area contributed by atoms with Gasteiger partial charge in [-0.25, -0.2) is 9.18 Å². The summed E-state index contributed by atoms with van der Waals surface area (Å²) >= 11 is 0. The van der Waals surface area contributed by atoms with Crippen molar-refractivity contribution in [3.63, 3.8) is 0 Å². The third-order valence-electron chi connectivity index (χ3n) is 3.80. The number of nitrogen functional groups attached to an aromatic ring is 1. The number of benzene rings is 2. The molecule has 0 spiro atoms. The van der Waals surface area contributed by atoms with Crippen molar-refractivity contribution in [3.05, 3.63) is 64.3 Å². The van der Waals surface area contributed by atoms with E-state index in [9.17, 15) is 19.1 Å². The van der Waals surface area contributed by atoms with Gasteiger partial charge in [-0.15, -0.1) is 0 Å². The Morgan fingerprint density at radius 3 is 2.71 bits per heavy atom. The van der Waals surface area contributed by atoms with E-state index < -0.39 is 17.3 Å². The summed E-state index contributed by atoms with van der Waals surface area (Å²) < 4.78 is 15.1. The molecule has 3 rings (SSSR count). The van der Waals surface area contributed by atoms with Crippen molar-refractivity contribution < 1.29 is 14.3 Å². The molecule has 6 nitrogen and oxygen atoms in total. The number of nitrogens with one attached hydrogen (secondary N) is 1. The molecular weight excluding hydrogens is 313 g/mol. The van der Waals surface area contributed by atoms with E-state index in [0.29, 0.717) is 5.39 Å². The number of hydrogen-bond donors (Lipinski definition) is 3. The first kappa shape index (κ1) is 15.5. The summed E-state index contributed by atoms with van der Waals surface area (Å²) in [5.41, 5.74) is 5.69. The molecule has 4 N–H and O–H groups in total. The minimum Gasteiger partial charge on any atom is -0.478 e. The van der Waals surface area contributed by atoms with Crippen LogP contribution in [0.25, 0.3) is 16.5 Å². The number of pyridine rings is 1. The second-order valence-corrected chi connectivity index (χ2v) is 5.21. The lowest BCUT2D eigenvalue weighted by atomic mass is 10.1. The maximum atomic E-state index is 14.0. The Hall–Kier alpha value is -3.35. The molecule has 0 aliphatic carbocycles. The summed E-state index contributed by atoms with van der Waals surface area (Å²) in [6.45, 7) is 0. The Labute approximate surface area is 136 Å². The number of aromatic carboxylic acids is 1. The fourth-order valence-electron chi connectivity index (χ4n) is 2.64. The topological polar surface area (TPSA) is 97.3 Å². The molecule has 2 aromatic carbocycles. The fourth-order valence-corrected chi connectivity index (χ4v) is 2.64. The van der Waals surface area contributed by atoms with E-state index in [1.165, 1.54) is 30.5 Å². The van der Waals surface area contributed by atoms with Crippen molar-refractivity contribution in [1.82, 2.24) is 4.57 Å². The van der Waals surface area contributed by atoms with Crippen LogP contribution in [-0.2, 0) is 0 Å². The summed E-state index contributed by atoms with van der Waals surface area (Å²) in [5, 5.41) is 12.7. The Morgan fingerprint density at radius 1 is 1.29 bits per heavy atom. The first-order valence-corrected chi connectivity index (χ1v) is 7.09. The number of nitrogens with two attached hydrogens (primary N) is 1. The average Bonchev–Trinajstić information content (AvgIpc) is 2.55. The molecule has 0 amide bonds. The van der Waals surface area contributed by atoms with Crippen molar-refractivity contribution in [2.45, 2.75) is 0 Å². The zero-order chi connectivity index (χ0) is 17.4. The fraction of sp³-hybridized carbons (Fsp3) is 0.0588. The lowest BCUT2D eigenvalue weighted by molar-refractivity contribution is 0.0697. The zero-order valence-corrected chi connectivity index (χ0v) is 12.7. The van der Waals surface area contributed by atoms with Gasteiger partial charge in [0.2, 0.25) is 0 Å². The molecule has 3 aromatic rings. The van der Waals surface area contributed by atoms with Gasteiger partial charge in [0.05, 0.1) is 28.0 Å². The molecular formula is C17H14FN3O3. The van der Waals surface area contributed by atoms with Crippen molar-refractivity contribution in [1.29, 1.82) is 0 Å². The van der Waals surface area contributed by atoms with Gasteiger partial charge in [0, 0.05) is 13.2 Å². The van der Waals surface area contributed by atoms with Gasteiger partial charge in [0.1, 0.15) is 5.82 Å². The number of para-hydroxylation sites is 1. The molecule has 0 bridgehead atoms. The van der Waals surface area contributed by atoms with Crippen molar-refractivity contribution >= 4 is 28.1 Å². The maximum absolute atomic E-state index is 14.0. The van der Waals surface area contributed by atoms with Crippen molar-refractivity contribution in [3.8, 4) is 5.69 Å². The lowest BCUT2D eigenvalue weighted by Crippen LogP contribution is -2.21. The third-order valence-corrected chi connectivity index (χ3v) is 3.80. The highest BCUT2D eigenvalue weighted by molar-refractivity contribution is 5.95. The average molecular weight is 327 g/mol. The molecule has 1 aromatic heterocycles. The van der Waals surface area contributed by atoms with Gasteiger partial charge in [-0.2, -0.15) is 0 Å². The van der Waals surface area contributed by atoms with E-state index >= 15 is 0 Å². The van der Waals surface area contributed by atoms with Crippen molar-refractivity contribution in [2.24, 2.45) is 0 Å². The van der Waals surface area contributed by atoms with Crippen LogP contribution >= 0.6 is 0 Å². The summed E-state index contributed by atoms with van der Waals surface area (Å²) in [6.07, 6.45) is 1.43. The Balaban J connectivity index is 2.36. The molecule has 7 heteroatoms. The number of carboxylic acids is 1. The quantitative estimate of drug-likeness (QED) is 0.642. The first-order chi connectivity index (χ1) is 11.4. The molecule has 0 radical (unpaired) electrons. The van der Waals surface area contributed by atoms with Gasteiger partial charge in [0.25, 0.3) is 5.56 Å². The highest BCUT2D eigenvalue weighted by atomic mass is 19.1. The van der Waals surface area contributed by atoms with Crippen LogP contribution in [-0.4, -0.2) is 22.7 Å². The van der Waals surface area contributed by atoms with E-state index in [-0.39, 0.29) is 28.0 Å². The zero-order valence-electron chi connectivity index (χ0n) is 12.7. The van der Waals surface area contributed by atoms with Crippen LogP contribution in [0, 0.1) is 5.82 Å². The van der Waals surface area contributed by atoms with Gasteiger partial charge >= 0.3 is 5.97 Å².